The molecule has 2 nitrogen and oxygen atoms in total. The van der Waals surface area contributed by atoms with Gasteiger partial charge in [0, 0.05) is 24.3 Å². The monoisotopic (exact) mass is 240 g/mol. The minimum absolute atomic E-state index is 0.645. The van der Waals surface area contributed by atoms with Gasteiger partial charge in [0.1, 0.15) is 0 Å². The summed E-state index contributed by atoms with van der Waals surface area (Å²) < 4.78 is 0. The lowest BCUT2D eigenvalue weighted by Gasteiger charge is -2.24. The highest BCUT2D eigenvalue weighted by molar-refractivity contribution is 6.30. The zero-order chi connectivity index (χ0) is 12.1. The van der Waals surface area contributed by atoms with E-state index in [1.54, 1.807) is 0 Å². The average molecular weight is 241 g/mol. The Labute approximate surface area is 103 Å². The Hall–Kier alpha value is -0.730. The van der Waals surface area contributed by atoms with Crippen molar-refractivity contribution in [1.82, 2.24) is 0 Å². The van der Waals surface area contributed by atoms with Gasteiger partial charge in [0.05, 0.1) is 0 Å². The molecular weight excluding hydrogens is 220 g/mol. The fourth-order valence-corrected chi connectivity index (χ4v) is 2.12. The zero-order valence-electron chi connectivity index (χ0n) is 10.3. The lowest BCUT2D eigenvalue weighted by atomic mass is 10.1. The number of hydrogen-bond acceptors (Lipinski definition) is 2. The molecule has 1 aromatic carbocycles. The van der Waals surface area contributed by atoms with E-state index in [9.17, 15) is 0 Å². The molecule has 16 heavy (non-hydrogen) atoms. The van der Waals surface area contributed by atoms with Crippen molar-refractivity contribution in [3.8, 4) is 0 Å². The van der Waals surface area contributed by atoms with Crippen molar-refractivity contribution in [3.05, 3.63) is 28.8 Å². The summed E-state index contributed by atoms with van der Waals surface area (Å²) in [6.45, 7) is 6.13. The van der Waals surface area contributed by atoms with Gasteiger partial charge < -0.3 is 10.6 Å². The van der Waals surface area contributed by atoms with Crippen LogP contribution >= 0.6 is 11.6 Å². The van der Waals surface area contributed by atoms with Crippen LogP contribution in [0.15, 0.2) is 18.2 Å². The van der Waals surface area contributed by atoms with Gasteiger partial charge in [-0.05, 0) is 42.6 Å². The molecule has 0 radical (unpaired) electrons. The van der Waals surface area contributed by atoms with Crippen molar-refractivity contribution in [2.24, 2.45) is 11.7 Å². The largest absolute Gasteiger partial charge is 0.374 e. The lowest BCUT2D eigenvalue weighted by Crippen LogP contribution is -2.24. The number of rotatable bonds is 5. The van der Waals surface area contributed by atoms with Crippen molar-refractivity contribution in [3.63, 3.8) is 0 Å². The topological polar surface area (TPSA) is 29.3 Å². The van der Waals surface area contributed by atoms with Crippen LogP contribution in [0.3, 0.4) is 0 Å². The maximum atomic E-state index is 6.00. The molecule has 0 aromatic heterocycles. The summed E-state index contributed by atoms with van der Waals surface area (Å²) in [5, 5.41) is 0.783. The molecular formula is C13H21ClN2. The molecule has 90 valence electrons. The van der Waals surface area contributed by atoms with E-state index in [1.807, 2.05) is 12.1 Å². The molecule has 2 N–H and O–H groups in total. The van der Waals surface area contributed by atoms with Crippen LogP contribution in [0.25, 0.3) is 0 Å². The van der Waals surface area contributed by atoms with Crippen molar-refractivity contribution in [1.29, 1.82) is 0 Å². The molecule has 0 aliphatic carbocycles. The van der Waals surface area contributed by atoms with Gasteiger partial charge in [-0.15, -0.1) is 0 Å². The smallest absolute Gasteiger partial charge is 0.0410 e. The maximum absolute atomic E-state index is 6.00. The Bertz CT molecular complexity index is 337. The molecule has 0 fully saturated rings. The summed E-state index contributed by atoms with van der Waals surface area (Å²) in [6.07, 6.45) is 0.873. The van der Waals surface area contributed by atoms with E-state index in [0.29, 0.717) is 12.5 Å². The van der Waals surface area contributed by atoms with E-state index in [-0.39, 0.29) is 0 Å². The van der Waals surface area contributed by atoms with Gasteiger partial charge in [-0.2, -0.15) is 0 Å². The quantitative estimate of drug-likeness (QED) is 0.858. The second kappa shape index (κ2) is 6.12. The van der Waals surface area contributed by atoms with Crippen LogP contribution < -0.4 is 10.6 Å². The van der Waals surface area contributed by atoms with Gasteiger partial charge >= 0.3 is 0 Å². The Kier molecular flexibility index (Phi) is 5.10. The van der Waals surface area contributed by atoms with Crippen LogP contribution in [0, 0.1) is 5.92 Å². The van der Waals surface area contributed by atoms with Gasteiger partial charge in [0.25, 0.3) is 0 Å². The fraction of sp³-hybridized carbons (Fsp3) is 0.538. The standard InChI is InChI=1S/C13H21ClN2/c1-10(2)9-16(3)13-5-4-12(14)8-11(13)6-7-15/h4-5,8,10H,6-7,9,15H2,1-3H3. The van der Waals surface area contributed by atoms with Gasteiger partial charge in [-0.25, -0.2) is 0 Å². The summed E-state index contributed by atoms with van der Waals surface area (Å²) in [6, 6.07) is 6.03. The van der Waals surface area contributed by atoms with Crippen molar-refractivity contribution in [2.45, 2.75) is 20.3 Å². The third-order valence-electron chi connectivity index (χ3n) is 2.51. The van der Waals surface area contributed by atoms with Crippen LogP contribution in [-0.2, 0) is 6.42 Å². The molecule has 0 atom stereocenters. The van der Waals surface area contributed by atoms with E-state index in [0.717, 1.165) is 18.0 Å². The first-order valence-electron chi connectivity index (χ1n) is 5.74. The summed E-state index contributed by atoms with van der Waals surface area (Å²) in [5.74, 6) is 0.645. The molecule has 1 aromatic rings. The highest BCUT2D eigenvalue weighted by Gasteiger charge is 2.08. The maximum Gasteiger partial charge on any atom is 0.0410 e. The molecule has 0 aliphatic rings. The number of benzene rings is 1. The van der Waals surface area contributed by atoms with Crippen molar-refractivity contribution in [2.75, 3.05) is 25.0 Å². The van der Waals surface area contributed by atoms with E-state index in [2.05, 4.69) is 31.9 Å². The fourth-order valence-electron chi connectivity index (χ4n) is 1.93. The summed E-state index contributed by atoms with van der Waals surface area (Å²) in [7, 11) is 2.11. The zero-order valence-corrected chi connectivity index (χ0v) is 11.1. The van der Waals surface area contributed by atoms with E-state index in [1.165, 1.54) is 11.3 Å². The summed E-state index contributed by atoms with van der Waals surface area (Å²) >= 11 is 6.00. The van der Waals surface area contributed by atoms with E-state index >= 15 is 0 Å². The number of nitrogens with zero attached hydrogens (tertiary/aromatic N) is 1. The molecule has 0 spiro atoms. The SMILES string of the molecule is CC(C)CN(C)c1ccc(Cl)cc1CCN. The third kappa shape index (κ3) is 3.69. The van der Waals surface area contributed by atoms with Gasteiger partial charge in [0.2, 0.25) is 0 Å². The predicted molar refractivity (Wildman–Crippen MR) is 72.3 cm³/mol. The highest BCUT2D eigenvalue weighted by Crippen LogP contribution is 2.24. The second-order valence-corrected chi connectivity index (χ2v) is 5.02. The predicted octanol–water partition coefficient (Wildman–Crippen LogP) is 2.93. The van der Waals surface area contributed by atoms with Crippen molar-refractivity contribution < 1.29 is 0 Å². The van der Waals surface area contributed by atoms with E-state index in [4.69, 9.17) is 17.3 Å². The molecule has 0 heterocycles. The lowest BCUT2D eigenvalue weighted by molar-refractivity contribution is 0.637. The number of anilines is 1. The molecule has 0 amide bonds. The molecule has 0 bridgehead atoms. The van der Waals surface area contributed by atoms with Crippen molar-refractivity contribution >= 4 is 17.3 Å². The normalized spacial score (nSPS) is 10.9. The Morgan fingerprint density at radius 1 is 1.38 bits per heavy atom. The Morgan fingerprint density at radius 3 is 2.62 bits per heavy atom. The Morgan fingerprint density at radius 2 is 2.06 bits per heavy atom. The van der Waals surface area contributed by atoms with E-state index < -0.39 is 0 Å². The minimum atomic E-state index is 0.645. The van der Waals surface area contributed by atoms with Gasteiger partial charge in [0.15, 0.2) is 0 Å². The first-order valence-corrected chi connectivity index (χ1v) is 6.12. The van der Waals surface area contributed by atoms with Crippen LogP contribution in [0.5, 0.6) is 0 Å². The first kappa shape index (κ1) is 13.3. The number of halogens is 1. The second-order valence-electron chi connectivity index (χ2n) is 4.59. The van der Waals surface area contributed by atoms with Gasteiger partial charge in [-0.1, -0.05) is 25.4 Å². The number of hydrogen-bond donors (Lipinski definition) is 1. The molecule has 3 heteroatoms. The van der Waals surface area contributed by atoms with Crippen LogP contribution in [0.2, 0.25) is 5.02 Å². The highest BCUT2D eigenvalue weighted by atomic mass is 35.5. The molecule has 0 saturated heterocycles. The van der Waals surface area contributed by atoms with Crippen LogP contribution in [-0.4, -0.2) is 20.1 Å². The average Bonchev–Trinajstić information content (AvgIpc) is 2.17. The molecule has 0 unspecified atom stereocenters. The van der Waals surface area contributed by atoms with Crippen LogP contribution in [0.4, 0.5) is 5.69 Å². The molecule has 1 rings (SSSR count). The van der Waals surface area contributed by atoms with Gasteiger partial charge in [-0.3, -0.25) is 0 Å². The summed E-state index contributed by atoms with van der Waals surface area (Å²) in [4.78, 5) is 2.27. The van der Waals surface area contributed by atoms with Crippen LogP contribution in [0.1, 0.15) is 19.4 Å². The third-order valence-corrected chi connectivity index (χ3v) is 2.74. The first-order chi connectivity index (χ1) is 7.54. The number of nitrogens with two attached hydrogens (primary N) is 1. The Balaban J connectivity index is 2.92. The summed E-state index contributed by atoms with van der Waals surface area (Å²) in [5.41, 5.74) is 8.09. The minimum Gasteiger partial charge on any atom is -0.374 e. The molecule has 0 saturated carbocycles. The molecule has 0 aliphatic heterocycles.